The molecule has 0 bridgehead atoms. The smallest absolute Gasteiger partial charge is 0.234 e. The van der Waals surface area contributed by atoms with Crippen LogP contribution in [0, 0.1) is 0 Å². The number of benzene rings is 2. The highest BCUT2D eigenvalue weighted by Crippen LogP contribution is 2.31. The van der Waals surface area contributed by atoms with Gasteiger partial charge in [-0.1, -0.05) is 41.6 Å². The molecule has 1 aliphatic rings. The van der Waals surface area contributed by atoms with Crippen molar-refractivity contribution in [2.45, 2.75) is 16.3 Å². The minimum Gasteiger partial charge on any atom is -0.369 e. The van der Waals surface area contributed by atoms with E-state index in [4.69, 9.17) is 11.6 Å². The van der Waals surface area contributed by atoms with Gasteiger partial charge in [-0.25, -0.2) is 0 Å². The second kappa shape index (κ2) is 10.7. The quantitative estimate of drug-likeness (QED) is 0.578. The lowest BCUT2D eigenvalue weighted by Crippen LogP contribution is -2.49. The largest absolute Gasteiger partial charge is 0.369 e. The summed E-state index contributed by atoms with van der Waals surface area (Å²) < 4.78 is 0. The zero-order valence-electron chi connectivity index (χ0n) is 17.2. The summed E-state index contributed by atoms with van der Waals surface area (Å²) in [5.41, 5.74) is 2.30. The Morgan fingerprint density at radius 2 is 1.68 bits per heavy atom. The Balaban J connectivity index is 1.26. The van der Waals surface area contributed by atoms with Crippen molar-refractivity contribution in [1.29, 1.82) is 0 Å². The molecule has 4 rings (SSSR count). The Hall–Kier alpha value is -2.54. The fraction of sp³-hybridized carbons (Fsp3) is 0.250. The van der Waals surface area contributed by atoms with E-state index in [9.17, 15) is 4.79 Å². The van der Waals surface area contributed by atoms with Crippen molar-refractivity contribution in [2.75, 3.05) is 37.6 Å². The molecule has 3 aromatic rings. The molecule has 1 fully saturated rings. The Morgan fingerprint density at radius 1 is 0.968 bits per heavy atom. The summed E-state index contributed by atoms with van der Waals surface area (Å²) in [7, 11) is 0. The number of nitrogens with one attached hydrogen (secondary N) is 1. The molecular weight excluding hydrogens is 428 g/mol. The zero-order valence-corrected chi connectivity index (χ0v) is 18.8. The number of carbonyl (C=O) groups excluding carboxylic acids is 1. The first kappa shape index (κ1) is 21.7. The number of aromatic nitrogens is 1. The monoisotopic (exact) mass is 452 g/mol. The van der Waals surface area contributed by atoms with Crippen LogP contribution in [-0.2, 0) is 11.3 Å². The van der Waals surface area contributed by atoms with Gasteiger partial charge in [0.2, 0.25) is 5.91 Å². The van der Waals surface area contributed by atoms with Crippen LogP contribution >= 0.6 is 23.4 Å². The van der Waals surface area contributed by atoms with Crippen LogP contribution in [-0.4, -0.2) is 48.5 Å². The van der Waals surface area contributed by atoms with E-state index in [-0.39, 0.29) is 5.91 Å². The third-order valence-electron chi connectivity index (χ3n) is 5.26. The van der Waals surface area contributed by atoms with Crippen LogP contribution in [0.25, 0.3) is 0 Å². The summed E-state index contributed by atoms with van der Waals surface area (Å²) in [5, 5.41) is 3.82. The van der Waals surface area contributed by atoms with Gasteiger partial charge in [-0.3, -0.25) is 14.7 Å². The predicted octanol–water partition coefficient (Wildman–Crippen LogP) is 4.32. The van der Waals surface area contributed by atoms with Gasteiger partial charge in [0.1, 0.15) is 0 Å². The number of hydrogen-bond donors (Lipinski definition) is 1. The van der Waals surface area contributed by atoms with E-state index >= 15 is 0 Å². The minimum atomic E-state index is 0.0589. The molecule has 7 heteroatoms. The second-order valence-electron chi connectivity index (χ2n) is 7.41. The first-order chi connectivity index (χ1) is 15.2. The number of hydrogen-bond acceptors (Lipinski definition) is 5. The van der Waals surface area contributed by atoms with Crippen LogP contribution < -0.4 is 10.2 Å². The molecule has 0 aliphatic carbocycles. The van der Waals surface area contributed by atoms with Crippen LogP contribution in [0.1, 0.15) is 5.56 Å². The van der Waals surface area contributed by atoms with Crippen molar-refractivity contribution in [3.63, 3.8) is 0 Å². The molecule has 0 radical (unpaired) electrons. The molecule has 160 valence electrons. The fourth-order valence-electron chi connectivity index (χ4n) is 3.55. The molecule has 2 aromatic carbocycles. The van der Waals surface area contributed by atoms with Crippen molar-refractivity contribution < 1.29 is 4.79 Å². The lowest BCUT2D eigenvalue weighted by Gasteiger charge is -2.35. The average Bonchev–Trinajstić information content (AvgIpc) is 2.81. The predicted molar refractivity (Wildman–Crippen MR) is 127 cm³/mol. The lowest BCUT2D eigenvalue weighted by molar-refractivity contribution is -0.122. The van der Waals surface area contributed by atoms with Crippen molar-refractivity contribution in [3.8, 4) is 0 Å². The molecule has 0 spiro atoms. The molecule has 1 saturated heterocycles. The molecule has 0 saturated carbocycles. The van der Waals surface area contributed by atoms with Gasteiger partial charge in [-0.15, -0.1) is 0 Å². The Bertz CT molecular complexity index is 992. The van der Waals surface area contributed by atoms with Crippen molar-refractivity contribution in [1.82, 2.24) is 15.2 Å². The van der Waals surface area contributed by atoms with Gasteiger partial charge in [0.25, 0.3) is 0 Å². The van der Waals surface area contributed by atoms with Gasteiger partial charge in [0, 0.05) is 65.6 Å². The van der Waals surface area contributed by atoms with E-state index in [1.54, 1.807) is 11.8 Å². The number of piperazine rings is 1. The third-order valence-corrected chi connectivity index (χ3v) is 6.64. The molecule has 31 heavy (non-hydrogen) atoms. The second-order valence-corrected chi connectivity index (χ2v) is 8.96. The van der Waals surface area contributed by atoms with Crippen LogP contribution in [0.3, 0.4) is 0 Å². The molecular formula is C24H25ClN4OS. The third kappa shape index (κ3) is 6.23. The van der Waals surface area contributed by atoms with Gasteiger partial charge >= 0.3 is 0 Å². The molecule has 0 atom stereocenters. The summed E-state index contributed by atoms with van der Waals surface area (Å²) in [5.74, 6) is 0.0589. The van der Waals surface area contributed by atoms with Crippen LogP contribution in [0.5, 0.6) is 0 Å². The summed E-state index contributed by atoms with van der Waals surface area (Å²) in [6, 6.07) is 20.0. The van der Waals surface area contributed by atoms with E-state index in [0.717, 1.165) is 46.6 Å². The van der Waals surface area contributed by atoms with E-state index in [0.29, 0.717) is 13.1 Å². The van der Waals surface area contributed by atoms with E-state index in [1.165, 1.54) is 5.69 Å². The number of amides is 1. The fourth-order valence-corrected chi connectivity index (χ4v) is 4.62. The van der Waals surface area contributed by atoms with E-state index < -0.39 is 0 Å². The van der Waals surface area contributed by atoms with E-state index in [1.807, 2.05) is 60.9 Å². The molecule has 1 amide bonds. The molecule has 1 aliphatic heterocycles. The molecule has 0 unspecified atom stereocenters. The van der Waals surface area contributed by atoms with Crippen molar-refractivity contribution in [3.05, 3.63) is 83.6 Å². The zero-order chi connectivity index (χ0) is 21.5. The lowest BCUT2D eigenvalue weighted by atomic mass is 10.2. The number of carbonyl (C=O) groups is 1. The molecule has 5 nitrogen and oxygen atoms in total. The maximum absolute atomic E-state index is 12.5. The Labute approximate surface area is 192 Å². The van der Waals surface area contributed by atoms with Crippen molar-refractivity contribution >= 4 is 35.0 Å². The molecule has 2 heterocycles. The van der Waals surface area contributed by atoms with Gasteiger partial charge in [0.05, 0.1) is 6.54 Å². The summed E-state index contributed by atoms with van der Waals surface area (Å²) >= 11 is 7.66. The summed E-state index contributed by atoms with van der Waals surface area (Å²) in [6.07, 6.45) is 3.64. The number of nitrogens with zero attached hydrogens (tertiary/aromatic N) is 3. The highest BCUT2D eigenvalue weighted by atomic mass is 35.5. The molecule has 1 N–H and O–H groups in total. The van der Waals surface area contributed by atoms with Gasteiger partial charge in [-0.2, -0.15) is 0 Å². The summed E-state index contributed by atoms with van der Waals surface area (Å²) in [6.45, 7) is 4.52. The Kier molecular flexibility index (Phi) is 7.46. The standard InChI is InChI=1S/C24H25ClN4OS/c25-20-5-7-22(8-6-20)31-23-4-2-1-3-19(23)17-27-24(30)18-28-13-15-29(16-14-28)21-9-11-26-12-10-21/h1-12H,13-18H2,(H,27,30). The number of pyridine rings is 1. The SMILES string of the molecule is O=C(CN1CCN(c2ccncc2)CC1)NCc1ccccc1Sc1ccc(Cl)cc1. The maximum Gasteiger partial charge on any atom is 0.234 e. The van der Waals surface area contributed by atoms with Gasteiger partial charge < -0.3 is 10.2 Å². The highest BCUT2D eigenvalue weighted by Gasteiger charge is 2.19. The maximum atomic E-state index is 12.5. The van der Waals surface area contributed by atoms with Crippen molar-refractivity contribution in [2.24, 2.45) is 0 Å². The number of rotatable bonds is 7. The first-order valence-corrected chi connectivity index (χ1v) is 11.5. The minimum absolute atomic E-state index is 0.0589. The normalized spacial score (nSPS) is 14.4. The topological polar surface area (TPSA) is 48.5 Å². The Morgan fingerprint density at radius 3 is 2.42 bits per heavy atom. The van der Waals surface area contributed by atoms with Crippen LogP contribution in [0.2, 0.25) is 5.02 Å². The van der Waals surface area contributed by atoms with Crippen LogP contribution in [0.15, 0.2) is 82.8 Å². The first-order valence-electron chi connectivity index (χ1n) is 10.3. The molecule has 1 aromatic heterocycles. The van der Waals surface area contributed by atoms with E-state index in [2.05, 4.69) is 32.2 Å². The van der Waals surface area contributed by atoms with Crippen LogP contribution in [0.4, 0.5) is 5.69 Å². The highest BCUT2D eigenvalue weighted by molar-refractivity contribution is 7.99. The number of halogens is 1. The number of anilines is 1. The average molecular weight is 453 g/mol. The van der Waals surface area contributed by atoms with Gasteiger partial charge in [0.15, 0.2) is 0 Å². The van der Waals surface area contributed by atoms with Gasteiger partial charge in [-0.05, 0) is 48.0 Å². The summed E-state index contributed by atoms with van der Waals surface area (Å²) in [4.78, 5) is 23.4.